The van der Waals surface area contributed by atoms with Crippen molar-refractivity contribution in [3.8, 4) is 5.75 Å². The van der Waals surface area contributed by atoms with Gasteiger partial charge in [0.15, 0.2) is 0 Å². The maximum absolute atomic E-state index is 13.8. The van der Waals surface area contributed by atoms with E-state index >= 15 is 0 Å². The predicted molar refractivity (Wildman–Crippen MR) is 130 cm³/mol. The molecule has 34 heavy (non-hydrogen) atoms. The van der Waals surface area contributed by atoms with Crippen molar-refractivity contribution in [3.05, 3.63) is 90.1 Å². The summed E-state index contributed by atoms with van der Waals surface area (Å²) in [5, 5.41) is 0.345. The van der Waals surface area contributed by atoms with Gasteiger partial charge in [-0.15, -0.1) is 0 Å². The Bertz CT molecular complexity index is 1460. The number of methoxy groups -OCH3 is 1. The first kappa shape index (κ1) is 23.7. The Kier molecular flexibility index (Phi) is 6.85. The molecule has 9 heteroatoms. The van der Waals surface area contributed by atoms with Crippen LogP contribution >= 0.6 is 0 Å². The number of hydrogen-bond donors (Lipinski definition) is 0. The summed E-state index contributed by atoms with van der Waals surface area (Å²) in [5.41, 5.74) is 0.417. The van der Waals surface area contributed by atoms with Gasteiger partial charge in [-0.2, -0.15) is 0 Å². The molecule has 0 bridgehead atoms. The fourth-order valence-corrected chi connectivity index (χ4v) is 6.54. The fraction of sp³-hybridized carbons (Fsp3) is 0.160. The van der Waals surface area contributed by atoms with Crippen molar-refractivity contribution in [2.45, 2.75) is 22.5 Å². The van der Waals surface area contributed by atoms with Crippen LogP contribution in [0.15, 0.2) is 88.7 Å². The van der Waals surface area contributed by atoms with Crippen molar-refractivity contribution in [1.82, 2.24) is 3.97 Å². The third-order valence-corrected chi connectivity index (χ3v) is 8.36. The maximum atomic E-state index is 13.8. The lowest BCUT2D eigenvalue weighted by Crippen LogP contribution is -2.19. The van der Waals surface area contributed by atoms with Gasteiger partial charge in [0.25, 0.3) is 10.0 Å². The first-order valence-electron chi connectivity index (χ1n) is 10.5. The molecule has 4 rings (SSSR count). The summed E-state index contributed by atoms with van der Waals surface area (Å²) in [6.45, 7) is 1.77. The van der Waals surface area contributed by atoms with E-state index in [4.69, 9.17) is 9.47 Å². The van der Waals surface area contributed by atoms with Crippen LogP contribution < -0.4 is 4.74 Å². The third kappa shape index (κ3) is 4.36. The highest BCUT2D eigenvalue weighted by Gasteiger charge is 2.31. The molecule has 0 saturated heterocycles. The third-order valence-electron chi connectivity index (χ3n) is 5.26. The van der Waals surface area contributed by atoms with Crippen LogP contribution in [0.3, 0.4) is 0 Å². The van der Waals surface area contributed by atoms with Gasteiger partial charge in [0, 0.05) is 10.3 Å². The van der Waals surface area contributed by atoms with E-state index in [1.54, 1.807) is 73.7 Å². The first-order valence-corrected chi connectivity index (χ1v) is 13.3. The number of rotatable bonds is 8. The maximum Gasteiger partial charge on any atom is 0.340 e. The summed E-state index contributed by atoms with van der Waals surface area (Å²) in [6.07, 6.45) is 0. The molecule has 1 aromatic heterocycles. The Balaban J connectivity index is 2.05. The normalized spacial score (nSPS) is 12.4. The van der Waals surface area contributed by atoms with Crippen LogP contribution in [0, 0.1) is 0 Å². The van der Waals surface area contributed by atoms with Gasteiger partial charge < -0.3 is 9.47 Å². The van der Waals surface area contributed by atoms with Crippen LogP contribution in [-0.2, 0) is 31.3 Å². The van der Waals surface area contributed by atoms with E-state index in [2.05, 4.69) is 0 Å². The second-order valence-electron chi connectivity index (χ2n) is 7.31. The van der Waals surface area contributed by atoms with Gasteiger partial charge in [-0.1, -0.05) is 36.4 Å². The number of aromatic nitrogens is 1. The van der Waals surface area contributed by atoms with Gasteiger partial charge in [-0.3, -0.25) is 4.21 Å². The molecule has 7 nitrogen and oxygen atoms in total. The standard InChI is InChI=1S/C25H23NO6S2/c1-3-32-25(27)24-21-16-18(31-2)14-15-22(21)26(34(29,30)20-12-8-5-9-13-20)23(24)17-33(28)19-10-6-4-7-11-19/h4-16H,3,17H2,1-2H3. The quantitative estimate of drug-likeness (QED) is 0.336. The van der Waals surface area contributed by atoms with Crippen LogP contribution in [0.4, 0.5) is 0 Å². The van der Waals surface area contributed by atoms with Gasteiger partial charge in [0.05, 0.1) is 51.9 Å². The van der Waals surface area contributed by atoms with Crippen molar-refractivity contribution in [2.24, 2.45) is 0 Å². The molecule has 0 amide bonds. The summed E-state index contributed by atoms with van der Waals surface area (Å²) >= 11 is 0. The van der Waals surface area contributed by atoms with E-state index < -0.39 is 26.8 Å². The minimum Gasteiger partial charge on any atom is -0.497 e. The molecular formula is C25H23NO6S2. The number of carbonyl (C=O) groups excluding carboxylic acids is 1. The molecule has 0 N–H and O–H groups in total. The highest BCUT2D eigenvalue weighted by atomic mass is 32.2. The fourth-order valence-electron chi connectivity index (χ4n) is 3.74. The van der Waals surface area contributed by atoms with E-state index in [9.17, 15) is 17.4 Å². The van der Waals surface area contributed by atoms with E-state index in [0.29, 0.717) is 16.0 Å². The zero-order valence-electron chi connectivity index (χ0n) is 18.6. The lowest BCUT2D eigenvalue weighted by Gasteiger charge is -2.13. The van der Waals surface area contributed by atoms with Gasteiger partial charge in [-0.05, 0) is 49.4 Å². The summed E-state index contributed by atoms with van der Waals surface area (Å²) in [6, 6.07) is 21.4. The van der Waals surface area contributed by atoms with E-state index in [-0.39, 0.29) is 34.0 Å². The van der Waals surface area contributed by atoms with Crippen molar-refractivity contribution in [2.75, 3.05) is 13.7 Å². The molecule has 1 heterocycles. The molecule has 1 atom stereocenters. The van der Waals surface area contributed by atoms with Crippen LogP contribution in [0.1, 0.15) is 23.0 Å². The molecular weight excluding hydrogens is 474 g/mol. The Hall–Kier alpha value is -3.43. The lowest BCUT2D eigenvalue weighted by atomic mass is 10.1. The molecule has 0 radical (unpaired) electrons. The first-order chi connectivity index (χ1) is 16.4. The molecule has 176 valence electrons. The van der Waals surface area contributed by atoms with E-state index in [1.807, 2.05) is 0 Å². The molecule has 0 spiro atoms. The van der Waals surface area contributed by atoms with Crippen LogP contribution in [-0.4, -0.2) is 36.3 Å². The van der Waals surface area contributed by atoms with Gasteiger partial charge in [0.1, 0.15) is 5.75 Å². The highest BCUT2D eigenvalue weighted by Crippen LogP contribution is 2.34. The monoisotopic (exact) mass is 497 g/mol. The Morgan fingerprint density at radius 2 is 1.62 bits per heavy atom. The number of nitrogens with zero attached hydrogens (tertiary/aromatic N) is 1. The second-order valence-corrected chi connectivity index (χ2v) is 10.5. The Morgan fingerprint density at radius 3 is 2.24 bits per heavy atom. The predicted octanol–water partition coefficient (Wildman–Crippen LogP) is 4.37. The number of ether oxygens (including phenoxy) is 2. The minimum atomic E-state index is -4.14. The van der Waals surface area contributed by atoms with Gasteiger partial charge in [0.2, 0.25) is 0 Å². The second kappa shape index (κ2) is 9.82. The number of esters is 1. The van der Waals surface area contributed by atoms with Crippen molar-refractivity contribution in [3.63, 3.8) is 0 Å². The van der Waals surface area contributed by atoms with Crippen molar-refractivity contribution < 1.29 is 26.9 Å². The van der Waals surface area contributed by atoms with Crippen LogP contribution in [0.5, 0.6) is 5.75 Å². The van der Waals surface area contributed by atoms with Gasteiger partial charge in [-0.25, -0.2) is 17.2 Å². The number of hydrogen-bond acceptors (Lipinski definition) is 6. The minimum absolute atomic E-state index is 0.0462. The molecule has 0 fully saturated rings. The Morgan fingerprint density at radius 1 is 0.971 bits per heavy atom. The summed E-state index contributed by atoms with van der Waals surface area (Å²) in [4.78, 5) is 13.7. The topological polar surface area (TPSA) is 91.7 Å². The summed E-state index contributed by atoms with van der Waals surface area (Å²) in [7, 11) is -4.28. The van der Waals surface area contributed by atoms with E-state index in [1.165, 1.54) is 19.2 Å². The molecule has 0 aliphatic rings. The van der Waals surface area contributed by atoms with Crippen LogP contribution in [0.25, 0.3) is 10.9 Å². The smallest absolute Gasteiger partial charge is 0.340 e. The molecule has 3 aromatic carbocycles. The summed E-state index contributed by atoms with van der Waals surface area (Å²) in [5.74, 6) is -0.452. The number of carbonyl (C=O) groups is 1. The van der Waals surface area contributed by atoms with E-state index in [0.717, 1.165) is 3.97 Å². The average molecular weight is 498 g/mol. The lowest BCUT2D eigenvalue weighted by molar-refractivity contribution is 0.0527. The zero-order valence-corrected chi connectivity index (χ0v) is 20.3. The van der Waals surface area contributed by atoms with Crippen molar-refractivity contribution in [1.29, 1.82) is 0 Å². The van der Waals surface area contributed by atoms with Crippen LogP contribution in [0.2, 0.25) is 0 Å². The zero-order chi connectivity index (χ0) is 24.3. The average Bonchev–Trinajstić information content (AvgIpc) is 3.18. The molecule has 0 saturated carbocycles. The molecule has 0 aliphatic carbocycles. The number of fused-ring (bicyclic) bond motifs is 1. The molecule has 1 unspecified atom stereocenters. The highest BCUT2D eigenvalue weighted by molar-refractivity contribution is 7.90. The summed E-state index contributed by atoms with van der Waals surface area (Å²) < 4.78 is 52.6. The largest absolute Gasteiger partial charge is 0.497 e. The van der Waals surface area contributed by atoms with Crippen molar-refractivity contribution >= 4 is 37.7 Å². The Labute approximate surface area is 200 Å². The van der Waals surface area contributed by atoms with Gasteiger partial charge >= 0.3 is 5.97 Å². The molecule has 4 aromatic rings. The number of benzene rings is 3. The molecule has 0 aliphatic heterocycles. The SMILES string of the molecule is CCOC(=O)c1c(CS(=O)c2ccccc2)n(S(=O)(=O)c2ccccc2)c2ccc(OC)cc12.